The third-order valence-corrected chi connectivity index (χ3v) is 2.71. The molecule has 1 fully saturated rings. The first-order valence-electron chi connectivity index (χ1n) is 5.08. The molecule has 0 aliphatic heterocycles. The highest BCUT2D eigenvalue weighted by Crippen LogP contribution is 2.38. The predicted octanol–water partition coefficient (Wildman–Crippen LogP) is 1.83. The Labute approximate surface area is 87.2 Å². The third kappa shape index (κ3) is 1.28. The minimum absolute atomic E-state index is 0.380. The summed E-state index contributed by atoms with van der Waals surface area (Å²) < 4.78 is 2.19. The number of imidazole rings is 1. The standard InChI is InChI=1S/C11H10N4/c12-5-3-11-14-9-7-13-6-4-10(9)15(11)8-1-2-8/h4,6-8H,1-3H2. The number of rotatable bonds is 2. The second-order valence-electron chi connectivity index (χ2n) is 3.83. The molecule has 1 aliphatic carbocycles. The second-order valence-corrected chi connectivity index (χ2v) is 3.83. The zero-order valence-corrected chi connectivity index (χ0v) is 8.22. The van der Waals surface area contributed by atoms with Gasteiger partial charge >= 0.3 is 0 Å². The molecule has 0 saturated heterocycles. The molecule has 1 aliphatic rings. The Morgan fingerprint density at radius 2 is 2.40 bits per heavy atom. The highest BCUT2D eigenvalue weighted by molar-refractivity contribution is 5.75. The van der Waals surface area contributed by atoms with Crippen molar-refractivity contribution in [1.82, 2.24) is 14.5 Å². The van der Waals surface area contributed by atoms with Gasteiger partial charge < -0.3 is 4.57 Å². The van der Waals surface area contributed by atoms with Gasteiger partial charge in [0.2, 0.25) is 0 Å². The molecule has 1 saturated carbocycles. The molecule has 0 radical (unpaired) electrons. The highest BCUT2D eigenvalue weighted by atomic mass is 15.1. The molecule has 2 heterocycles. The van der Waals surface area contributed by atoms with Gasteiger partial charge in [-0.25, -0.2) is 4.98 Å². The summed E-state index contributed by atoms with van der Waals surface area (Å²) >= 11 is 0. The van der Waals surface area contributed by atoms with Crippen LogP contribution in [-0.4, -0.2) is 14.5 Å². The Morgan fingerprint density at radius 3 is 3.13 bits per heavy atom. The molecule has 3 rings (SSSR count). The normalized spacial score (nSPS) is 15.4. The number of hydrogen-bond donors (Lipinski definition) is 0. The molecule has 0 atom stereocenters. The minimum atomic E-state index is 0.380. The Balaban J connectivity index is 2.25. The monoisotopic (exact) mass is 198 g/mol. The molecule has 2 aromatic heterocycles. The second kappa shape index (κ2) is 3.06. The van der Waals surface area contributed by atoms with E-state index < -0.39 is 0 Å². The van der Waals surface area contributed by atoms with Gasteiger partial charge in [-0.3, -0.25) is 4.98 Å². The van der Waals surface area contributed by atoms with Gasteiger partial charge in [0.15, 0.2) is 0 Å². The molecule has 74 valence electrons. The van der Waals surface area contributed by atoms with Crippen LogP contribution in [-0.2, 0) is 6.42 Å². The van der Waals surface area contributed by atoms with E-state index in [1.807, 2.05) is 6.07 Å². The van der Waals surface area contributed by atoms with Crippen LogP contribution in [0, 0.1) is 11.3 Å². The van der Waals surface area contributed by atoms with Crippen LogP contribution in [0.15, 0.2) is 18.5 Å². The number of nitrogens with zero attached hydrogens (tertiary/aromatic N) is 4. The van der Waals surface area contributed by atoms with E-state index >= 15 is 0 Å². The molecule has 2 aromatic rings. The van der Waals surface area contributed by atoms with E-state index in [2.05, 4.69) is 20.6 Å². The smallest absolute Gasteiger partial charge is 0.124 e. The topological polar surface area (TPSA) is 54.5 Å². The van der Waals surface area contributed by atoms with Crippen molar-refractivity contribution in [2.75, 3.05) is 0 Å². The van der Waals surface area contributed by atoms with Crippen molar-refractivity contribution in [2.24, 2.45) is 0 Å². The summed E-state index contributed by atoms with van der Waals surface area (Å²) in [6, 6.07) is 4.69. The number of fused-ring (bicyclic) bond motifs is 1. The van der Waals surface area contributed by atoms with Gasteiger partial charge in [-0.2, -0.15) is 5.26 Å². The van der Waals surface area contributed by atoms with Gasteiger partial charge in [0.1, 0.15) is 11.3 Å². The summed E-state index contributed by atoms with van der Waals surface area (Å²) in [5, 5.41) is 8.75. The van der Waals surface area contributed by atoms with E-state index in [0.29, 0.717) is 12.5 Å². The molecule has 4 heteroatoms. The van der Waals surface area contributed by atoms with Crippen molar-refractivity contribution < 1.29 is 0 Å². The van der Waals surface area contributed by atoms with E-state index in [-0.39, 0.29) is 0 Å². The summed E-state index contributed by atoms with van der Waals surface area (Å²) in [5.74, 6) is 0.878. The van der Waals surface area contributed by atoms with Gasteiger partial charge in [-0.1, -0.05) is 0 Å². The molecule has 0 unspecified atom stereocenters. The van der Waals surface area contributed by atoms with Crippen molar-refractivity contribution in [3.05, 3.63) is 24.3 Å². The maximum absolute atomic E-state index is 8.75. The number of nitriles is 1. The highest BCUT2D eigenvalue weighted by Gasteiger charge is 2.27. The zero-order valence-electron chi connectivity index (χ0n) is 8.22. The van der Waals surface area contributed by atoms with E-state index in [1.54, 1.807) is 12.4 Å². The quantitative estimate of drug-likeness (QED) is 0.739. The first kappa shape index (κ1) is 8.42. The van der Waals surface area contributed by atoms with Gasteiger partial charge in [0.25, 0.3) is 0 Å². The number of hydrogen-bond acceptors (Lipinski definition) is 3. The fourth-order valence-electron chi connectivity index (χ4n) is 1.94. The third-order valence-electron chi connectivity index (χ3n) is 2.71. The van der Waals surface area contributed by atoms with Crippen LogP contribution >= 0.6 is 0 Å². The summed E-state index contributed by atoms with van der Waals surface area (Å²) in [5.41, 5.74) is 2.01. The largest absolute Gasteiger partial charge is 0.324 e. The molecular formula is C11H10N4. The lowest BCUT2D eigenvalue weighted by atomic mass is 10.4. The van der Waals surface area contributed by atoms with Crippen LogP contribution in [0.2, 0.25) is 0 Å². The summed E-state index contributed by atoms with van der Waals surface area (Å²) in [4.78, 5) is 8.49. The van der Waals surface area contributed by atoms with Crippen LogP contribution < -0.4 is 0 Å². The fourth-order valence-corrected chi connectivity index (χ4v) is 1.94. The molecule has 0 bridgehead atoms. The lowest BCUT2D eigenvalue weighted by Gasteiger charge is -2.03. The van der Waals surface area contributed by atoms with Crippen LogP contribution in [0.1, 0.15) is 24.7 Å². The molecule has 15 heavy (non-hydrogen) atoms. The average Bonchev–Trinajstić information content (AvgIpc) is 3.01. The Hall–Kier alpha value is -1.89. The summed E-state index contributed by atoms with van der Waals surface area (Å²) in [6.07, 6.45) is 6.32. The van der Waals surface area contributed by atoms with Crippen molar-refractivity contribution in [3.63, 3.8) is 0 Å². The maximum atomic E-state index is 8.75. The first-order chi connectivity index (χ1) is 7.40. The molecule has 0 N–H and O–H groups in total. The molecule has 0 spiro atoms. The van der Waals surface area contributed by atoms with Crippen molar-refractivity contribution >= 4 is 11.0 Å². The molecule has 0 aromatic carbocycles. The summed E-state index contributed by atoms with van der Waals surface area (Å²) in [7, 11) is 0. The van der Waals surface area contributed by atoms with Crippen LogP contribution in [0.3, 0.4) is 0 Å². The lowest BCUT2D eigenvalue weighted by Crippen LogP contribution is -2.00. The van der Waals surface area contributed by atoms with E-state index in [0.717, 1.165) is 16.9 Å². The maximum Gasteiger partial charge on any atom is 0.124 e. The van der Waals surface area contributed by atoms with E-state index in [4.69, 9.17) is 5.26 Å². The Kier molecular flexibility index (Phi) is 1.72. The zero-order chi connectivity index (χ0) is 10.3. The number of pyridine rings is 1. The minimum Gasteiger partial charge on any atom is -0.324 e. The summed E-state index contributed by atoms with van der Waals surface area (Å²) in [6.45, 7) is 0. The van der Waals surface area contributed by atoms with Crippen LogP contribution in [0.25, 0.3) is 11.0 Å². The van der Waals surface area contributed by atoms with Gasteiger partial charge in [0.05, 0.1) is 24.2 Å². The van der Waals surface area contributed by atoms with Gasteiger partial charge in [-0.05, 0) is 18.9 Å². The number of aromatic nitrogens is 3. The van der Waals surface area contributed by atoms with E-state index in [1.165, 1.54) is 12.8 Å². The fraction of sp³-hybridized carbons (Fsp3) is 0.364. The van der Waals surface area contributed by atoms with Crippen LogP contribution in [0.5, 0.6) is 0 Å². The van der Waals surface area contributed by atoms with Crippen molar-refractivity contribution in [3.8, 4) is 6.07 Å². The Bertz CT molecular complexity index is 545. The Morgan fingerprint density at radius 1 is 1.53 bits per heavy atom. The molecular weight excluding hydrogens is 188 g/mol. The van der Waals surface area contributed by atoms with Gasteiger partial charge in [-0.15, -0.1) is 0 Å². The molecule has 4 nitrogen and oxygen atoms in total. The van der Waals surface area contributed by atoms with Gasteiger partial charge in [0, 0.05) is 12.2 Å². The van der Waals surface area contributed by atoms with E-state index in [9.17, 15) is 0 Å². The SMILES string of the molecule is N#CCc1nc2cnccc2n1C1CC1. The average molecular weight is 198 g/mol. The van der Waals surface area contributed by atoms with Crippen molar-refractivity contribution in [1.29, 1.82) is 5.26 Å². The predicted molar refractivity (Wildman–Crippen MR) is 55.1 cm³/mol. The molecule has 0 amide bonds. The first-order valence-corrected chi connectivity index (χ1v) is 5.08. The van der Waals surface area contributed by atoms with Crippen LogP contribution in [0.4, 0.5) is 0 Å². The lowest BCUT2D eigenvalue weighted by molar-refractivity contribution is 0.721. The van der Waals surface area contributed by atoms with Crippen molar-refractivity contribution in [2.45, 2.75) is 25.3 Å².